The Morgan fingerprint density at radius 1 is 1.60 bits per heavy atom. The van der Waals surface area contributed by atoms with Crippen molar-refractivity contribution in [1.29, 1.82) is 0 Å². The van der Waals surface area contributed by atoms with Crippen molar-refractivity contribution < 1.29 is 14.5 Å². The SMILES string of the molecule is CSc1ccc(C(=O)NC[C@@H]2CCCO2)cc1[N+](=O)[O-]. The highest BCUT2D eigenvalue weighted by molar-refractivity contribution is 7.98. The summed E-state index contributed by atoms with van der Waals surface area (Å²) >= 11 is 1.28. The number of carbonyl (C=O) groups is 1. The third-order valence-corrected chi connectivity index (χ3v) is 3.94. The van der Waals surface area contributed by atoms with Crippen LogP contribution < -0.4 is 5.32 Å². The molecule has 1 aliphatic rings. The number of hydrogen-bond acceptors (Lipinski definition) is 5. The van der Waals surface area contributed by atoms with E-state index in [9.17, 15) is 14.9 Å². The van der Waals surface area contributed by atoms with Crippen LogP contribution in [-0.4, -0.2) is 36.3 Å². The number of amides is 1. The fraction of sp³-hybridized carbons (Fsp3) is 0.462. The van der Waals surface area contributed by atoms with Gasteiger partial charge < -0.3 is 10.1 Å². The van der Waals surface area contributed by atoms with Crippen LogP contribution in [0.15, 0.2) is 23.1 Å². The van der Waals surface area contributed by atoms with Crippen molar-refractivity contribution in [3.05, 3.63) is 33.9 Å². The maximum absolute atomic E-state index is 12.0. The summed E-state index contributed by atoms with van der Waals surface area (Å²) in [6.45, 7) is 1.17. The first kappa shape index (κ1) is 14.8. The number of hydrogen-bond donors (Lipinski definition) is 1. The largest absolute Gasteiger partial charge is 0.376 e. The Kier molecular flexibility index (Phi) is 4.97. The molecule has 0 saturated carbocycles. The maximum Gasteiger partial charge on any atom is 0.283 e. The normalized spacial score (nSPS) is 17.9. The van der Waals surface area contributed by atoms with E-state index < -0.39 is 4.92 Å². The molecule has 20 heavy (non-hydrogen) atoms. The molecule has 0 spiro atoms. The average molecular weight is 296 g/mol. The number of nitro groups is 1. The molecule has 1 aromatic carbocycles. The molecule has 108 valence electrons. The van der Waals surface area contributed by atoms with Crippen molar-refractivity contribution in [2.24, 2.45) is 0 Å². The van der Waals surface area contributed by atoms with Crippen LogP contribution in [0, 0.1) is 10.1 Å². The monoisotopic (exact) mass is 296 g/mol. The molecule has 6 nitrogen and oxygen atoms in total. The fourth-order valence-corrected chi connectivity index (χ4v) is 2.63. The van der Waals surface area contributed by atoms with Crippen LogP contribution in [0.5, 0.6) is 0 Å². The summed E-state index contributed by atoms with van der Waals surface area (Å²) < 4.78 is 5.41. The van der Waals surface area contributed by atoms with Gasteiger partial charge in [0.15, 0.2) is 0 Å². The van der Waals surface area contributed by atoms with E-state index in [4.69, 9.17) is 4.74 Å². The van der Waals surface area contributed by atoms with Crippen LogP contribution in [0.4, 0.5) is 5.69 Å². The van der Waals surface area contributed by atoms with Gasteiger partial charge in [0.1, 0.15) is 0 Å². The van der Waals surface area contributed by atoms with Gasteiger partial charge in [0.05, 0.1) is 15.9 Å². The number of nitro benzene ring substituents is 1. The number of ether oxygens (including phenoxy) is 1. The second kappa shape index (κ2) is 6.71. The second-order valence-corrected chi connectivity index (χ2v) is 5.34. The number of nitrogens with one attached hydrogen (secondary N) is 1. The first-order valence-electron chi connectivity index (χ1n) is 6.34. The van der Waals surface area contributed by atoms with Gasteiger partial charge in [-0.25, -0.2) is 0 Å². The van der Waals surface area contributed by atoms with E-state index in [0.717, 1.165) is 19.4 Å². The van der Waals surface area contributed by atoms with Crippen LogP contribution in [0.25, 0.3) is 0 Å². The van der Waals surface area contributed by atoms with Crippen LogP contribution in [-0.2, 0) is 4.74 Å². The molecule has 0 aliphatic carbocycles. The summed E-state index contributed by atoms with van der Waals surface area (Å²) in [7, 11) is 0. The minimum atomic E-state index is -0.470. The Hall–Kier alpha value is -1.60. The quantitative estimate of drug-likeness (QED) is 0.512. The zero-order valence-electron chi connectivity index (χ0n) is 11.1. The fourth-order valence-electron chi connectivity index (χ4n) is 2.09. The highest BCUT2D eigenvalue weighted by Gasteiger charge is 2.19. The maximum atomic E-state index is 12.0. The Morgan fingerprint density at radius 3 is 3.00 bits per heavy atom. The molecule has 0 bridgehead atoms. The summed E-state index contributed by atoms with van der Waals surface area (Å²) in [5.74, 6) is -0.309. The Balaban J connectivity index is 2.05. The van der Waals surface area contributed by atoms with Crippen molar-refractivity contribution in [2.45, 2.75) is 23.8 Å². The van der Waals surface area contributed by atoms with Gasteiger partial charge in [-0.15, -0.1) is 11.8 Å². The van der Waals surface area contributed by atoms with Gasteiger partial charge in [-0.2, -0.15) is 0 Å². The van der Waals surface area contributed by atoms with Crippen molar-refractivity contribution >= 4 is 23.4 Å². The zero-order valence-corrected chi connectivity index (χ0v) is 11.9. The first-order valence-corrected chi connectivity index (χ1v) is 7.56. The first-order chi connectivity index (χ1) is 9.61. The summed E-state index contributed by atoms with van der Waals surface area (Å²) in [5.41, 5.74) is 0.259. The highest BCUT2D eigenvalue weighted by Crippen LogP contribution is 2.28. The summed E-state index contributed by atoms with van der Waals surface area (Å²) in [6.07, 6.45) is 3.76. The third-order valence-electron chi connectivity index (χ3n) is 3.15. The van der Waals surface area contributed by atoms with Gasteiger partial charge in [-0.05, 0) is 31.2 Å². The predicted octanol–water partition coefficient (Wildman–Crippen LogP) is 2.23. The molecule has 1 atom stereocenters. The molecule has 2 rings (SSSR count). The second-order valence-electron chi connectivity index (χ2n) is 4.49. The van der Waals surface area contributed by atoms with Crippen molar-refractivity contribution in [1.82, 2.24) is 5.32 Å². The molecule has 1 N–H and O–H groups in total. The van der Waals surface area contributed by atoms with Gasteiger partial charge in [0.25, 0.3) is 11.6 Å². The molecule has 1 saturated heterocycles. The van der Waals surface area contributed by atoms with Crippen LogP contribution in [0.3, 0.4) is 0 Å². The van der Waals surface area contributed by atoms with E-state index >= 15 is 0 Å². The number of carbonyl (C=O) groups excluding carboxylic acids is 1. The standard InChI is InChI=1S/C13H16N2O4S/c1-20-12-5-4-9(7-11(12)15(17)18)13(16)14-8-10-3-2-6-19-10/h4-5,7,10H,2-3,6,8H2,1H3,(H,14,16)/t10-/m0/s1. The number of nitrogens with zero attached hydrogens (tertiary/aromatic N) is 1. The number of rotatable bonds is 5. The minimum Gasteiger partial charge on any atom is -0.376 e. The lowest BCUT2D eigenvalue weighted by molar-refractivity contribution is -0.387. The smallest absolute Gasteiger partial charge is 0.283 e. The van der Waals surface area contributed by atoms with E-state index in [1.807, 2.05) is 0 Å². The molecule has 1 amide bonds. The molecule has 0 unspecified atom stereocenters. The lowest BCUT2D eigenvalue weighted by Crippen LogP contribution is -2.31. The van der Waals surface area contributed by atoms with Crippen molar-refractivity contribution in [3.63, 3.8) is 0 Å². The number of thioether (sulfide) groups is 1. The van der Waals surface area contributed by atoms with Gasteiger partial charge in [-0.1, -0.05) is 0 Å². The Labute approximate surface area is 121 Å². The predicted molar refractivity (Wildman–Crippen MR) is 76.2 cm³/mol. The summed E-state index contributed by atoms with van der Waals surface area (Å²) in [5, 5.41) is 13.7. The van der Waals surface area contributed by atoms with E-state index in [1.54, 1.807) is 18.4 Å². The average Bonchev–Trinajstić information content (AvgIpc) is 2.97. The van der Waals surface area contributed by atoms with E-state index in [2.05, 4.69) is 5.32 Å². The molecule has 1 heterocycles. The van der Waals surface area contributed by atoms with E-state index in [0.29, 0.717) is 17.0 Å². The molecular formula is C13H16N2O4S. The topological polar surface area (TPSA) is 81.5 Å². The Morgan fingerprint density at radius 2 is 2.40 bits per heavy atom. The van der Waals surface area contributed by atoms with E-state index in [1.165, 1.54) is 17.8 Å². The van der Waals surface area contributed by atoms with Crippen LogP contribution in [0.2, 0.25) is 0 Å². The van der Waals surface area contributed by atoms with E-state index in [-0.39, 0.29) is 17.7 Å². The molecule has 1 aromatic rings. The highest BCUT2D eigenvalue weighted by atomic mass is 32.2. The number of benzene rings is 1. The van der Waals surface area contributed by atoms with Gasteiger partial charge in [-0.3, -0.25) is 14.9 Å². The van der Waals surface area contributed by atoms with Gasteiger partial charge in [0, 0.05) is 24.8 Å². The van der Waals surface area contributed by atoms with Gasteiger partial charge in [0.2, 0.25) is 0 Å². The lowest BCUT2D eigenvalue weighted by atomic mass is 10.2. The third kappa shape index (κ3) is 3.49. The summed E-state index contributed by atoms with van der Waals surface area (Å²) in [6, 6.07) is 4.52. The summed E-state index contributed by atoms with van der Waals surface area (Å²) in [4.78, 5) is 23.0. The van der Waals surface area contributed by atoms with Crippen molar-refractivity contribution in [2.75, 3.05) is 19.4 Å². The van der Waals surface area contributed by atoms with Gasteiger partial charge >= 0.3 is 0 Å². The zero-order chi connectivity index (χ0) is 14.5. The van der Waals surface area contributed by atoms with Crippen LogP contribution in [0.1, 0.15) is 23.2 Å². The molecule has 1 aliphatic heterocycles. The lowest BCUT2D eigenvalue weighted by Gasteiger charge is -2.11. The minimum absolute atomic E-state index is 0.0396. The van der Waals surface area contributed by atoms with Crippen molar-refractivity contribution in [3.8, 4) is 0 Å². The molecular weight excluding hydrogens is 280 g/mol. The molecule has 0 aromatic heterocycles. The molecule has 0 radical (unpaired) electrons. The molecule has 1 fully saturated rings. The Bertz CT molecular complexity index is 515. The van der Waals surface area contributed by atoms with Crippen LogP contribution >= 0.6 is 11.8 Å². The molecule has 7 heteroatoms.